The van der Waals surface area contributed by atoms with Gasteiger partial charge in [-0.05, 0) is 18.2 Å². The molecule has 0 saturated carbocycles. The molecule has 0 N–H and O–H groups in total. The summed E-state index contributed by atoms with van der Waals surface area (Å²) in [5.41, 5.74) is 1.25. The Morgan fingerprint density at radius 2 is 2.25 bits per heavy atom. The lowest BCUT2D eigenvalue weighted by Gasteiger charge is -2.04. The molecular weight excluding hydrogens is 327 g/mol. The zero-order valence-corrected chi connectivity index (χ0v) is 11.9. The highest BCUT2D eigenvalue weighted by atomic mass is 79.9. The van der Waals surface area contributed by atoms with Crippen LogP contribution in [0.5, 0.6) is 0 Å². The summed E-state index contributed by atoms with van der Waals surface area (Å²) < 4.78 is 18.5. The highest BCUT2D eigenvalue weighted by Crippen LogP contribution is 2.18. The average molecular weight is 337 g/mol. The smallest absolute Gasteiger partial charge is 0.331 e. The van der Waals surface area contributed by atoms with Crippen LogP contribution in [0.1, 0.15) is 11.3 Å². The number of aromatic nitrogens is 2. The summed E-state index contributed by atoms with van der Waals surface area (Å²) in [4.78, 5) is 19.4. The third-order valence-electron chi connectivity index (χ3n) is 2.36. The van der Waals surface area contributed by atoms with Crippen molar-refractivity contribution in [2.75, 3.05) is 0 Å². The first kappa shape index (κ1) is 14.3. The third kappa shape index (κ3) is 4.24. The minimum atomic E-state index is -0.508. The van der Waals surface area contributed by atoms with Crippen molar-refractivity contribution in [3.63, 3.8) is 0 Å². The van der Waals surface area contributed by atoms with Crippen LogP contribution in [-0.4, -0.2) is 15.9 Å². The second-order valence-corrected chi connectivity index (χ2v) is 4.66. The van der Waals surface area contributed by atoms with Crippen LogP contribution in [0.4, 0.5) is 4.39 Å². The van der Waals surface area contributed by atoms with E-state index in [1.807, 2.05) is 0 Å². The zero-order valence-electron chi connectivity index (χ0n) is 10.3. The largest absolute Gasteiger partial charge is 0.458 e. The Bertz CT molecular complexity index is 632. The van der Waals surface area contributed by atoms with Gasteiger partial charge in [0, 0.05) is 28.5 Å². The summed E-state index contributed by atoms with van der Waals surface area (Å²) in [5.74, 6) is -0.860. The number of carbonyl (C=O) groups is 1. The van der Waals surface area contributed by atoms with Gasteiger partial charge < -0.3 is 4.74 Å². The van der Waals surface area contributed by atoms with Crippen LogP contribution in [0.2, 0.25) is 0 Å². The molecule has 102 valence electrons. The number of hydrogen-bond donors (Lipinski definition) is 0. The molecule has 2 aromatic rings. The Morgan fingerprint density at radius 1 is 1.40 bits per heavy atom. The topological polar surface area (TPSA) is 52.1 Å². The van der Waals surface area contributed by atoms with Gasteiger partial charge in [0.25, 0.3) is 0 Å². The van der Waals surface area contributed by atoms with Gasteiger partial charge in [0.2, 0.25) is 0 Å². The molecule has 1 aromatic heterocycles. The second kappa shape index (κ2) is 6.91. The van der Waals surface area contributed by atoms with Crippen molar-refractivity contribution < 1.29 is 13.9 Å². The molecule has 0 fully saturated rings. The highest BCUT2D eigenvalue weighted by Gasteiger charge is 2.04. The Balaban J connectivity index is 1.91. The molecule has 0 unspecified atom stereocenters. The first-order chi connectivity index (χ1) is 9.65. The van der Waals surface area contributed by atoms with Crippen LogP contribution in [-0.2, 0) is 16.1 Å². The molecule has 0 aliphatic carbocycles. The van der Waals surface area contributed by atoms with Gasteiger partial charge in [-0.25, -0.2) is 9.18 Å². The van der Waals surface area contributed by atoms with Crippen LogP contribution in [0, 0.1) is 5.82 Å². The number of halogens is 2. The summed E-state index contributed by atoms with van der Waals surface area (Å²) in [6.45, 7) is 0.0600. The van der Waals surface area contributed by atoms with E-state index in [0.717, 1.165) is 0 Å². The predicted octanol–water partition coefficient (Wildman–Crippen LogP) is 3.13. The lowest BCUT2D eigenvalue weighted by Crippen LogP contribution is -2.01. The van der Waals surface area contributed by atoms with Crippen molar-refractivity contribution in [3.05, 3.63) is 64.4 Å². The molecule has 1 aromatic carbocycles. The number of ether oxygens (including phenoxy) is 1. The second-order valence-electron chi connectivity index (χ2n) is 3.81. The van der Waals surface area contributed by atoms with E-state index in [4.69, 9.17) is 4.74 Å². The molecule has 2 rings (SSSR count). The molecular formula is C14H10BrFN2O2. The first-order valence-corrected chi connectivity index (χ1v) is 6.49. The van der Waals surface area contributed by atoms with Crippen LogP contribution in [0.25, 0.3) is 6.08 Å². The monoisotopic (exact) mass is 336 g/mol. The maximum atomic E-state index is 12.9. The normalized spacial score (nSPS) is 10.7. The van der Waals surface area contributed by atoms with Crippen LogP contribution >= 0.6 is 15.9 Å². The molecule has 6 heteroatoms. The SMILES string of the molecule is O=C(/C=C/c1cnccn1)OCc1ccc(F)cc1Br. The zero-order chi connectivity index (χ0) is 14.4. The molecule has 0 bridgehead atoms. The Morgan fingerprint density at radius 3 is 2.95 bits per heavy atom. The van der Waals surface area contributed by atoms with Gasteiger partial charge in [-0.15, -0.1) is 0 Å². The number of hydrogen-bond acceptors (Lipinski definition) is 4. The maximum Gasteiger partial charge on any atom is 0.331 e. The van der Waals surface area contributed by atoms with E-state index in [1.54, 1.807) is 12.3 Å². The molecule has 0 aliphatic rings. The first-order valence-electron chi connectivity index (χ1n) is 5.70. The van der Waals surface area contributed by atoms with E-state index >= 15 is 0 Å². The Hall–Kier alpha value is -2.08. The number of rotatable bonds is 4. The van der Waals surface area contributed by atoms with Crippen molar-refractivity contribution in [1.82, 2.24) is 9.97 Å². The van der Waals surface area contributed by atoms with E-state index < -0.39 is 5.97 Å². The predicted molar refractivity (Wildman–Crippen MR) is 75.0 cm³/mol. The lowest BCUT2D eigenvalue weighted by molar-refractivity contribution is -0.138. The lowest BCUT2D eigenvalue weighted by atomic mass is 10.2. The van der Waals surface area contributed by atoms with Crippen molar-refractivity contribution in [2.45, 2.75) is 6.61 Å². The van der Waals surface area contributed by atoms with Crippen molar-refractivity contribution in [3.8, 4) is 0 Å². The average Bonchev–Trinajstić information content (AvgIpc) is 2.45. The fourth-order valence-corrected chi connectivity index (χ4v) is 1.85. The fourth-order valence-electron chi connectivity index (χ4n) is 1.39. The van der Waals surface area contributed by atoms with Crippen LogP contribution in [0.3, 0.4) is 0 Å². The third-order valence-corrected chi connectivity index (χ3v) is 3.10. The van der Waals surface area contributed by atoms with Gasteiger partial charge in [0.05, 0.1) is 11.9 Å². The van der Waals surface area contributed by atoms with Gasteiger partial charge in [0.15, 0.2) is 0 Å². The van der Waals surface area contributed by atoms with Crippen molar-refractivity contribution >= 4 is 28.0 Å². The molecule has 0 aliphatic heterocycles. The minimum absolute atomic E-state index is 0.0600. The molecule has 4 nitrogen and oxygen atoms in total. The van der Waals surface area contributed by atoms with Crippen LogP contribution < -0.4 is 0 Å². The van der Waals surface area contributed by atoms with E-state index in [-0.39, 0.29) is 12.4 Å². The Kier molecular flexibility index (Phi) is 4.95. The fraction of sp³-hybridized carbons (Fsp3) is 0.0714. The summed E-state index contributed by atoms with van der Waals surface area (Å²) in [7, 11) is 0. The summed E-state index contributed by atoms with van der Waals surface area (Å²) in [5, 5.41) is 0. The van der Waals surface area contributed by atoms with Gasteiger partial charge in [-0.2, -0.15) is 0 Å². The molecule has 0 amide bonds. The molecule has 0 saturated heterocycles. The van der Waals surface area contributed by atoms with E-state index in [0.29, 0.717) is 15.7 Å². The quantitative estimate of drug-likeness (QED) is 0.635. The standard InChI is InChI=1S/C14H10BrFN2O2/c15-13-7-11(16)2-1-10(13)9-20-14(19)4-3-12-8-17-5-6-18-12/h1-8H,9H2/b4-3+. The van der Waals surface area contributed by atoms with Crippen molar-refractivity contribution in [1.29, 1.82) is 0 Å². The van der Waals surface area contributed by atoms with E-state index in [2.05, 4.69) is 25.9 Å². The number of carbonyl (C=O) groups excluding carboxylic acids is 1. The highest BCUT2D eigenvalue weighted by molar-refractivity contribution is 9.10. The Labute approximate surface area is 123 Å². The summed E-state index contributed by atoms with van der Waals surface area (Å²) >= 11 is 3.21. The van der Waals surface area contributed by atoms with E-state index in [9.17, 15) is 9.18 Å². The van der Waals surface area contributed by atoms with Crippen LogP contribution in [0.15, 0.2) is 47.3 Å². The number of benzene rings is 1. The van der Waals surface area contributed by atoms with Gasteiger partial charge in [-0.1, -0.05) is 22.0 Å². The summed E-state index contributed by atoms with van der Waals surface area (Å²) in [6.07, 6.45) is 7.37. The van der Waals surface area contributed by atoms with Gasteiger partial charge in [-0.3, -0.25) is 9.97 Å². The molecule has 1 heterocycles. The molecule has 0 radical (unpaired) electrons. The number of nitrogens with zero attached hydrogens (tertiary/aromatic N) is 2. The summed E-state index contributed by atoms with van der Waals surface area (Å²) in [6, 6.07) is 4.18. The molecule has 0 spiro atoms. The minimum Gasteiger partial charge on any atom is -0.458 e. The van der Waals surface area contributed by atoms with Gasteiger partial charge in [0.1, 0.15) is 12.4 Å². The number of esters is 1. The molecule has 20 heavy (non-hydrogen) atoms. The van der Waals surface area contributed by atoms with Crippen molar-refractivity contribution in [2.24, 2.45) is 0 Å². The van der Waals surface area contributed by atoms with Gasteiger partial charge >= 0.3 is 5.97 Å². The molecule has 0 atom stereocenters. The van der Waals surface area contributed by atoms with E-state index in [1.165, 1.54) is 36.7 Å². The maximum absolute atomic E-state index is 12.9.